The van der Waals surface area contributed by atoms with Gasteiger partial charge >= 0.3 is 0 Å². The number of methoxy groups -OCH3 is 1. The molecule has 1 aromatic rings. The standard InChI is InChI=1S/C12H18N2O2/c1-14(8-7-13)12(15)9-10-3-5-11(16-2)6-4-10/h3-6H,7-9,13H2,1-2H3. The highest BCUT2D eigenvalue weighted by molar-refractivity contribution is 5.78. The predicted octanol–water partition coefficient (Wildman–Crippen LogP) is 0.655. The second-order valence-corrected chi connectivity index (χ2v) is 3.63. The minimum atomic E-state index is 0.0793. The minimum absolute atomic E-state index is 0.0793. The number of hydrogen-bond acceptors (Lipinski definition) is 3. The molecule has 0 heterocycles. The molecule has 4 heteroatoms. The van der Waals surface area contributed by atoms with Gasteiger partial charge in [-0.15, -0.1) is 0 Å². The van der Waals surface area contributed by atoms with E-state index >= 15 is 0 Å². The predicted molar refractivity (Wildman–Crippen MR) is 63.4 cm³/mol. The molecule has 0 aromatic heterocycles. The molecule has 1 amide bonds. The molecule has 4 nitrogen and oxygen atoms in total. The number of carbonyl (C=O) groups is 1. The molecule has 0 aliphatic rings. The second-order valence-electron chi connectivity index (χ2n) is 3.63. The third kappa shape index (κ3) is 3.55. The molecule has 88 valence electrons. The Morgan fingerprint density at radius 2 is 2.00 bits per heavy atom. The number of rotatable bonds is 5. The molecule has 0 aliphatic heterocycles. The average molecular weight is 222 g/mol. The Labute approximate surface area is 96.0 Å². The summed E-state index contributed by atoms with van der Waals surface area (Å²) in [6.45, 7) is 1.08. The molecule has 0 aliphatic carbocycles. The van der Waals surface area contributed by atoms with E-state index in [1.54, 1.807) is 19.1 Å². The fourth-order valence-corrected chi connectivity index (χ4v) is 1.37. The molecule has 1 rings (SSSR count). The molecule has 0 fully saturated rings. The van der Waals surface area contributed by atoms with Crippen LogP contribution in [0.25, 0.3) is 0 Å². The van der Waals surface area contributed by atoms with Crippen molar-refractivity contribution in [1.29, 1.82) is 0 Å². The molecule has 0 bridgehead atoms. The van der Waals surface area contributed by atoms with Crippen molar-refractivity contribution >= 4 is 5.91 Å². The van der Waals surface area contributed by atoms with E-state index in [-0.39, 0.29) is 5.91 Å². The van der Waals surface area contributed by atoms with Gasteiger partial charge in [0.1, 0.15) is 5.75 Å². The van der Waals surface area contributed by atoms with Crippen LogP contribution < -0.4 is 10.5 Å². The first-order valence-corrected chi connectivity index (χ1v) is 5.24. The van der Waals surface area contributed by atoms with Gasteiger partial charge in [-0.05, 0) is 17.7 Å². The molecule has 0 spiro atoms. The second kappa shape index (κ2) is 6.12. The SMILES string of the molecule is COc1ccc(CC(=O)N(C)CCN)cc1. The highest BCUT2D eigenvalue weighted by atomic mass is 16.5. The number of likely N-dealkylation sites (N-methyl/N-ethyl adjacent to an activating group) is 1. The fourth-order valence-electron chi connectivity index (χ4n) is 1.37. The summed E-state index contributed by atoms with van der Waals surface area (Å²) in [5.41, 5.74) is 6.37. The van der Waals surface area contributed by atoms with E-state index in [0.717, 1.165) is 11.3 Å². The Morgan fingerprint density at radius 1 is 1.38 bits per heavy atom. The van der Waals surface area contributed by atoms with Crippen molar-refractivity contribution in [1.82, 2.24) is 4.90 Å². The lowest BCUT2D eigenvalue weighted by Gasteiger charge is -2.15. The zero-order valence-electron chi connectivity index (χ0n) is 9.77. The molecule has 0 atom stereocenters. The van der Waals surface area contributed by atoms with Crippen molar-refractivity contribution in [2.24, 2.45) is 5.73 Å². The molecular formula is C12H18N2O2. The molecule has 16 heavy (non-hydrogen) atoms. The van der Waals surface area contributed by atoms with Crippen LogP contribution >= 0.6 is 0 Å². The number of ether oxygens (including phenoxy) is 1. The van der Waals surface area contributed by atoms with Gasteiger partial charge in [0.15, 0.2) is 0 Å². The zero-order valence-corrected chi connectivity index (χ0v) is 9.77. The van der Waals surface area contributed by atoms with Crippen LogP contribution in [0.15, 0.2) is 24.3 Å². The maximum atomic E-state index is 11.7. The summed E-state index contributed by atoms with van der Waals surface area (Å²) in [6.07, 6.45) is 0.403. The van der Waals surface area contributed by atoms with Crippen molar-refractivity contribution in [2.45, 2.75) is 6.42 Å². The van der Waals surface area contributed by atoms with Crippen LogP contribution in [-0.4, -0.2) is 38.1 Å². The fraction of sp³-hybridized carbons (Fsp3) is 0.417. The van der Waals surface area contributed by atoms with Crippen molar-refractivity contribution in [3.8, 4) is 5.75 Å². The molecule has 0 unspecified atom stereocenters. The first-order chi connectivity index (χ1) is 7.67. The van der Waals surface area contributed by atoms with E-state index in [4.69, 9.17) is 10.5 Å². The Balaban J connectivity index is 2.55. The van der Waals surface area contributed by atoms with E-state index in [0.29, 0.717) is 19.5 Å². The number of amides is 1. The summed E-state index contributed by atoms with van der Waals surface area (Å²) < 4.78 is 5.05. The van der Waals surface area contributed by atoms with Gasteiger partial charge in [-0.1, -0.05) is 12.1 Å². The van der Waals surface area contributed by atoms with Crippen molar-refractivity contribution in [2.75, 3.05) is 27.2 Å². The average Bonchev–Trinajstić information content (AvgIpc) is 2.30. The van der Waals surface area contributed by atoms with Gasteiger partial charge in [0.05, 0.1) is 13.5 Å². The Bertz CT molecular complexity index is 335. The quantitative estimate of drug-likeness (QED) is 0.796. The normalized spacial score (nSPS) is 9.94. The zero-order chi connectivity index (χ0) is 12.0. The summed E-state index contributed by atoms with van der Waals surface area (Å²) in [4.78, 5) is 13.3. The summed E-state index contributed by atoms with van der Waals surface area (Å²) in [5.74, 6) is 0.877. The topological polar surface area (TPSA) is 55.6 Å². The van der Waals surface area contributed by atoms with Crippen LogP contribution in [-0.2, 0) is 11.2 Å². The Morgan fingerprint density at radius 3 is 2.50 bits per heavy atom. The van der Waals surface area contributed by atoms with Gasteiger partial charge in [-0.2, -0.15) is 0 Å². The van der Waals surface area contributed by atoms with E-state index in [1.165, 1.54) is 0 Å². The summed E-state index contributed by atoms with van der Waals surface area (Å²) >= 11 is 0. The maximum absolute atomic E-state index is 11.7. The lowest BCUT2D eigenvalue weighted by Crippen LogP contribution is -2.32. The van der Waals surface area contributed by atoms with E-state index in [2.05, 4.69) is 0 Å². The van der Waals surface area contributed by atoms with Gasteiger partial charge in [0, 0.05) is 20.1 Å². The highest BCUT2D eigenvalue weighted by Crippen LogP contribution is 2.12. The van der Waals surface area contributed by atoms with Gasteiger partial charge in [-0.25, -0.2) is 0 Å². The summed E-state index contributed by atoms with van der Waals surface area (Å²) in [7, 11) is 3.38. The summed E-state index contributed by atoms with van der Waals surface area (Å²) in [6, 6.07) is 7.50. The number of carbonyl (C=O) groups excluding carboxylic acids is 1. The monoisotopic (exact) mass is 222 g/mol. The lowest BCUT2D eigenvalue weighted by atomic mass is 10.1. The first kappa shape index (κ1) is 12.5. The van der Waals surface area contributed by atoms with Gasteiger partial charge in [-0.3, -0.25) is 4.79 Å². The third-order valence-corrected chi connectivity index (χ3v) is 2.40. The minimum Gasteiger partial charge on any atom is -0.497 e. The van der Waals surface area contributed by atoms with Crippen LogP contribution in [0.1, 0.15) is 5.56 Å². The van der Waals surface area contributed by atoms with Crippen molar-refractivity contribution in [3.05, 3.63) is 29.8 Å². The van der Waals surface area contributed by atoms with Crippen LogP contribution in [0.3, 0.4) is 0 Å². The third-order valence-electron chi connectivity index (χ3n) is 2.40. The number of hydrogen-bond donors (Lipinski definition) is 1. The first-order valence-electron chi connectivity index (χ1n) is 5.24. The molecule has 0 saturated carbocycles. The maximum Gasteiger partial charge on any atom is 0.226 e. The lowest BCUT2D eigenvalue weighted by molar-refractivity contribution is -0.129. The van der Waals surface area contributed by atoms with Crippen molar-refractivity contribution < 1.29 is 9.53 Å². The smallest absolute Gasteiger partial charge is 0.226 e. The summed E-state index contributed by atoms with van der Waals surface area (Å²) in [5, 5.41) is 0. The van der Waals surface area contributed by atoms with Crippen LogP contribution in [0.2, 0.25) is 0 Å². The molecule has 0 radical (unpaired) electrons. The molecular weight excluding hydrogens is 204 g/mol. The van der Waals surface area contributed by atoms with Crippen LogP contribution in [0.5, 0.6) is 5.75 Å². The molecule has 0 saturated heterocycles. The molecule has 1 aromatic carbocycles. The number of nitrogens with two attached hydrogens (primary N) is 1. The molecule has 2 N–H and O–H groups in total. The number of nitrogens with zero attached hydrogens (tertiary/aromatic N) is 1. The van der Waals surface area contributed by atoms with Crippen molar-refractivity contribution in [3.63, 3.8) is 0 Å². The van der Waals surface area contributed by atoms with Crippen LogP contribution in [0.4, 0.5) is 0 Å². The Hall–Kier alpha value is -1.55. The van der Waals surface area contributed by atoms with Gasteiger partial charge in [0.25, 0.3) is 0 Å². The van der Waals surface area contributed by atoms with Gasteiger partial charge < -0.3 is 15.4 Å². The number of benzene rings is 1. The van der Waals surface area contributed by atoms with E-state index in [9.17, 15) is 4.79 Å². The van der Waals surface area contributed by atoms with E-state index in [1.807, 2.05) is 24.3 Å². The Kier molecular flexibility index (Phi) is 4.79. The van der Waals surface area contributed by atoms with E-state index < -0.39 is 0 Å². The van der Waals surface area contributed by atoms with Crippen LogP contribution in [0, 0.1) is 0 Å². The van der Waals surface area contributed by atoms with Gasteiger partial charge in [0.2, 0.25) is 5.91 Å². The highest BCUT2D eigenvalue weighted by Gasteiger charge is 2.08. The largest absolute Gasteiger partial charge is 0.497 e.